The summed E-state index contributed by atoms with van der Waals surface area (Å²) in [5.74, 6) is -0.149. The molecule has 1 aliphatic rings. The van der Waals surface area contributed by atoms with Crippen LogP contribution in [0.4, 0.5) is 0 Å². The summed E-state index contributed by atoms with van der Waals surface area (Å²) in [5.41, 5.74) is 0. The van der Waals surface area contributed by atoms with Crippen LogP contribution >= 0.6 is 0 Å². The lowest BCUT2D eigenvalue weighted by Crippen LogP contribution is -2.60. The SMILES string of the molecule is CCCCCCCCCCC/C=C/CCCC[C@@H](O)[C@H](CO[C@H]1O[C@@H](CO)[C@H](O)C(O)C1O)NC(=O)CCCCCCCCCCCCCCCCCCCCCCCC. The van der Waals surface area contributed by atoms with Crippen molar-refractivity contribution in [2.24, 2.45) is 0 Å². The van der Waals surface area contributed by atoms with Crippen molar-refractivity contribution < 1.29 is 39.8 Å². The van der Waals surface area contributed by atoms with Crippen LogP contribution in [0.3, 0.4) is 0 Å². The van der Waals surface area contributed by atoms with E-state index in [9.17, 15) is 30.3 Å². The topological polar surface area (TPSA) is 149 Å². The molecule has 1 heterocycles. The molecule has 0 aromatic rings. The molecule has 1 aliphatic heterocycles. The first kappa shape index (κ1) is 56.9. The maximum atomic E-state index is 13.0. The van der Waals surface area contributed by atoms with Crippen LogP contribution in [-0.4, -0.2) is 87.5 Å². The van der Waals surface area contributed by atoms with Gasteiger partial charge >= 0.3 is 0 Å². The van der Waals surface area contributed by atoms with Crippen molar-refractivity contribution >= 4 is 5.91 Å². The lowest BCUT2D eigenvalue weighted by atomic mass is 9.99. The summed E-state index contributed by atoms with van der Waals surface area (Å²) in [7, 11) is 0. The minimum absolute atomic E-state index is 0.145. The fraction of sp³-hybridized carbons (Fsp3) is 0.941. The van der Waals surface area contributed by atoms with Crippen molar-refractivity contribution in [3.63, 3.8) is 0 Å². The molecule has 60 heavy (non-hydrogen) atoms. The van der Waals surface area contributed by atoms with Crippen LogP contribution in [0.2, 0.25) is 0 Å². The molecular weight excluding hydrogens is 755 g/mol. The number of rotatable bonds is 44. The minimum Gasteiger partial charge on any atom is -0.394 e. The van der Waals surface area contributed by atoms with Gasteiger partial charge in [0.2, 0.25) is 5.91 Å². The Balaban J connectivity index is 2.25. The van der Waals surface area contributed by atoms with E-state index in [4.69, 9.17) is 9.47 Å². The molecule has 9 heteroatoms. The summed E-state index contributed by atoms with van der Waals surface area (Å²) in [6.07, 6.45) is 42.3. The smallest absolute Gasteiger partial charge is 0.220 e. The minimum atomic E-state index is -1.55. The van der Waals surface area contributed by atoms with E-state index >= 15 is 0 Å². The Morgan fingerprint density at radius 1 is 0.550 bits per heavy atom. The third-order valence-corrected chi connectivity index (χ3v) is 12.6. The van der Waals surface area contributed by atoms with Gasteiger partial charge in [-0.3, -0.25) is 4.79 Å². The molecule has 9 nitrogen and oxygen atoms in total. The van der Waals surface area contributed by atoms with E-state index in [1.54, 1.807) is 0 Å². The second-order valence-electron chi connectivity index (χ2n) is 18.3. The Bertz CT molecular complexity index is 950. The summed E-state index contributed by atoms with van der Waals surface area (Å²) in [4.78, 5) is 13.0. The number of carbonyl (C=O) groups excluding carboxylic acids is 1. The van der Waals surface area contributed by atoms with E-state index in [1.807, 2.05) is 0 Å². The highest BCUT2D eigenvalue weighted by Crippen LogP contribution is 2.23. The molecule has 0 saturated carbocycles. The Morgan fingerprint density at radius 2 is 0.933 bits per heavy atom. The highest BCUT2D eigenvalue weighted by Gasteiger charge is 2.44. The van der Waals surface area contributed by atoms with Gasteiger partial charge < -0.3 is 40.3 Å². The third kappa shape index (κ3) is 31.7. The Labute approximate surface area is 369 Å². The maximum Gasteiger partial charge on any atom is 0.220 e. The lowest BCUT2D eigenvalue weighted by Gasteiger charge is -2.40. The Morgan fingerprint density at radius 3 is 1.35 bits per heavy atom. The lowest BCUT2D eigenvalue weighted by molar-refractivity contribution is -0.302. The van der Waals surface area contributed by atoms with Crippen LogP contribution in [0.25, 0.3) is 0 Å². The number of nitrogens with one attached hydrogen (secondary N) is 1. The molecule has 1 fully saturated rings. The number of allylic oxidation sites excluding steroid dienone is 2. The quantitative estimate of drug-likeness (QED) is 0.0262. The van der Waals surface area contributed by atoms with Gasteiger partial charge in [-0.25, -0.2) is 0 Å². The summed E-state index contributed by atoms with van der Waals surface area (Å²) >= 11 is 0. The predicted octanol–water partition coefficient (Wildman–Crippen LogP) is 11.7. The van der Waals surface area contributed by atoms with Crippen molar-refractivity contribution in [3.05, 3.63) is 12.2 Å². The number of hydrogen-bond donors (Lipinski definition) is 6. The highest BCUT2D eigenvalue weighted by molar-refractivity contribution is 5.76. The molecule has 2 unspecified atom stereocenters. The summed E-state index contributed by atoms with van der Waals surface area (Å²) in [6.45, 7) is 3.84. The fourth-order valence-electron chi connectivity index (χ4n) is 8.45. The summed E-state index contributed by atoms with van der Waals surface area (Å²) < 4.78 is 11.3. The van der Waals surface area contributed by atoms with Crippen molar-refractivity contribution in [2.45, 2.75) is 294 Å². The number of amides is 1. The zero-order chi connectivity index (χ0) is 43.7. The van der Waals surface area contributed by atoms with Crippen LogP contribution in [0.1, 0.15) is 251 Å². The molecular formula is C51H99NO8. The molecule has 1 rings (SSSR count). The monoisotopic (exact) mass is 854 g/mol. The number of unbranched alkanes of at least 4 members (excludes halogenated alkanes) is 32. The molecule has 0 aliphatic carbocycles. The van der Waals surface area contributed by atoms with E-state index in [1.165, 1.54) is 180 Å². The molecule has 6 N–H and O–H groups in total. The third-order valence-electron chi connectivity index (χ3n) is 12.6. The normalized spacial score (nSPS) is 20.6. The highest BCUT2D eigenvalue weighted by atomic mass is 16.7. The number of aliphatic hydroxyl groups is 5. The second kappa shape index (κ2) is 41.9. The maximum absolute atomic E-state index is 13.0. The average molecular weight is 854 g/mol. The first-order chi connectivity index (χ1) is 29.3. The van der Waals surface area contributed by atoms with Gasteiger partial charge in [-0.05, 0) is 38.5 Å². The average Bonchev–Trinajstić information content (AvgIpc) is 3.25. The zero-order valence-corrected chi connectivity index (χ0v) is 39.2. The van der Waals surface area contributed by atoms with Gasteiger partial charge in [0, 0.05) is 6.42 Å². The van der Waals surface area contributed by atoms with Crippen molar-refractivity contribution in [1.82, 2.24) is 5.32 Å². The molecule has 0 aromatic carbocycles. The second-order valence-corrected chi connectivity index (χ2v) is 18.3. The van der Waals surface area contributed by atoms with Gasteiger partial charge in [-0.2, -0.15) is 0 Å². The van der Waals surface area contributed by atoms with E-state index in [2.05, 4.69) is 31.3 Å². The van der Waals surface area contributed by atoms with Crippen LogP contribution in [0.5, 0.6) is 0 Å². The molecule has 0 spiro atoms. The van der Waals surface area contributed by atoms with E-state index in [0.29, 0.717) is 12.8 Å². The number of carbonyl (C=O) groups is 1. The first-order valence-corrected chi connectivity index (χ1v) is 25.9. The molecule has 0 aromatic heterocycles. The van der Waals surface area contributed by atoms with Crippen molar-refractivity contribution in [1.29, 1.82) is 0 Å². The van der Waals surface area contributed by atoms with Crippen LogP contribution < -0.4 is 5.32 Å². The van der Waals surface area contributed by atoms with Crippen molar-refractivity contribution in [3.8, 4) is 0 Å². The Hall–Kier alpha value is -1.07. The molecule has 0 radical (unpaired) electrons. The van der Waals surface area contributed by atoms with Crippen molar-refractivity contribution in [2.75, 3.05) is 13.2 Å². The van der Waals surface area contributed by atoms with Crippen LogP contribution in [0, 0.1) is 0 Å². The van der Waals surface area contributed by atoms with Gasteiger partial charge in [-0.15, -0.1) is 0 Å². The number of aliphatic hydroxyl groups excluding tert-OH is 5. The summed E-state index contributed by atoms with van der Waals surface area (Å²) in [5, 5.41) is 54.4. The van der Waals surface area contributed by atoms with Crippen LogP contribution in [0.15, 0.2) is 12.2 Å². The van der Waals surface area contributed by atoms with Gasteiger partial charge in [0.1, 0.15) is 24.4 Å². The van der Waals surface area contributed by atoms with Gasteiger partial charge in [0.15, 0.2) is 6.29 Å². The van der Waals surface area contributed by atoms with Gasteiger partial charge in [-0.1, -0.05) is 219 Å². The van der Waals surface area contributed by atoms with E-state index in [0.717, 1.165) is 44.9 Å². The number of hydrogen-bond acceptors (Lipinski definition) is 8. The molecule has 0 bridgehead atoms. The van der Waals surface area contributed by atoms with Crippen LogP contribution in [-0.2, 0) is 14.3 Å². The predicted molar refractivity (Wildman–Crippen MR) is 249 cm³/mol. The molecule has 356 valence electrons. The summed E-state index contributed by atoms with van der Waals surface area (Å²) in [6, 6.07) is -0.730. The zero-order valence-electron chi connectivity index (χ0n) is 39.2. The van der Waals surface area contributed by atoms with E-state index in [-0.39, 0.29) is 12.5 Å². The van der Waals surface area contributed by atoms with Gasteiger partial charge in [0.05, 0.1) is 25.4 Å². The van der Waals surface area contributed by atoms with E-state index < -0.39 is 49.5 Å². The van der Waals surface area contributed by atoms with Gasteiger partial charge in [0.25, 0.3) is 0 Å². The Kier molecular flexibility index (Phi) is 39.8. The molecule has 7 atom stereocenters. The standard InChI is InChI=1S/C51H99NO8/c1-3-5-7-9-11-13-15-17-19-20-21-22-23-24-25-27-29-31-33-35-37-39-41-47(55)52-44(43-59-51-50(58)49(57)48(56)46(42-53)60-51)45(54)40-38-36-34-32-30-28-26-18-16-14-12-10-8-6-4-2/h30,32,44-46,48-51,53-54,56-58H,3-29,31,33-43H2,1-2H3,(H,52,55)/b32-30+/t44-,45+,46-,48-,49?,50?,51-/m0/s1. The number of ether oxygens (including phenoxy) is 2. The first-order valence-electron chi connectivity index (χ1n) is 25.9. The fourth-order valence-corrected chi connectivity index (χ4v) is 8.45. The molecule has 1 amide bonds. The largest absolute Gasteiger partial charge is 0.394 e. The molecule has 1 saturated heterocycles.